The average molecular weight is 267 g/mol. The van der Waals surface area contributed by atoms with Crippen molar-refractivity contribution in [2.24, 2.45) is 7.05 Å². The fourth-order valence-electron chi connectivity index (χ4n) is 2.52. The quantitative estimate of drug-likeness (QED) is 0.780. The summed E-state index contributed by atoms with van der Waals surface area (Å²) in [7, 11) is 3.36. The monoisotopic (exact) mass is 267 g/mol. The lowest BCUT2D eigenvalue weighted by Crippen LogP contribution is -2.47. The number of carbonyl (C=O) groups excluding carboxylic acids is 1. The lowest BCUT2D eigenvalue weighted by molar-refractivity contribution is -0.0277. The van der Waals surface area contributed by atoms with Crippen LogP contribution >= 0.6 is 0 Å². The Balaban J connectivity index is 2.02. The molecule has 3 atom stereocenters. The van der Waals surface area contributed by atoms with Gasteiger partial charge in [0.05, 0.1) is 23.9 Å². The molecule has 1 fully saturated rings. The van der Waals surface area contributed by atoms with E-state index >= 15 is 0 Å². The molecule has 1 heterocycles. The average Bonchev–Trinajstić information content (AvgIpc) is 2.75. The van der Waals surface area contributed by atoms with Crippen molar-refractivity contribution in [3.8, 4) is 0 Å². The second-order valence-electron chi connectivity index (χ2n) is 5.03. The van der Waals surface area contributed by atoms with Crippen LogP contribution in [0.1, 0.15) is 36.0 Å². The highest BCUT2D eigenvalue weighted by Crippen LogP contribution is 2.21. The Morgan fingerprint density at radius 2 is 2.26 bits per heavy atom. The van der Waals surface area contributed by atoms with Crippen molar-refractivity contribution in [3.05, 3.63) is 18.0 Å². The molecule has 1 aliphatic carbocycles. The van der Waals surface area contributed by atoms with Crippen molar-refractivity contribution in [2.45, 2.75) is 43.9 Å². The van der Waals surface area contributed by atoms with E-state index in [9.17, 15) is 9.90 Å². The van der Waals surface area contributed by atoms with Crippen LogP contribution in [0.4, 0.5) is 0 Å². The standard InChI is InChI=1S/C13H21N3O3/c1-16-8-9(7-14-16)13(18)15-10-5-3-4-6-11(19-2)12(10)17/h7-8,10-12,17H,3-6H2,1-2H3,(H,15,18)/t10-,11-,12-/m1/s1. The first kappa shape index (κ1) is 14.0. The molecule has 19 heavy (non-hydrogen) atoms. The van der Waals surface area contributed by atoms with Crippen molar-refractivity contribution in [2.75, 3.05) is 7.11 Å². The first-order chi connectivity index (χ1) is 9.11. The zero-order chi connectivity index (χ0) is 13.8. The Hall–Kier alpha value is -1.40. The van der Waals surface area contributed by atoms with E-state index in [1.54, 1.807) is 25.0 Å². The zero-order valence-corrected chi connectivity index (χ0v) is 11.4. The summed E-state index contributed by atoms with van der Waals surface area (Å²) in [4.78, 5) is 12.1. The van der Waals surface area contributed by atoms with Gasteiger partial charge in [-0.15, -0.1) is 0 Å². The maximum Gasteiger partial charge on any atom is 0.254 e. The molecule has 1 aromatic rings. The first-order valence-corrected chi connectivity index (χ1v) is 6.62. The van der Waals surface area contributed by atoms with Gasteiger partial charge in [0.1, 0.15) is 6.10 Å². The third kappa shape index (κ3) is 3.33. The molecule has 0 aliphatic heterocycles. The Kier molecular flexibility index (Phi) is 4.55. The molecular weight excluding hydrogens is 246 g/mol. The van der Waals surface area contributed by atoms with E-state index in [2.05, 4.69) is 10.4 Å². The van der Waals surface area contributed by atoms with Gasteiger partial charge in [-0.2, -0.15) is 5.10 Å². The highest BCUT2D eigenvalue weighted by Gasteiger charge is 2.31. The summed E-state index contributed by atoms with van der Waals surface area (Å²) in [5, 5.41) is 17.1. The smallest absolute Gasteiger partial charge is 0.254 e. The van der Waals surface area contributed by atoms with E-state index in [0.717, 1.165) is 25.7 Å². The van der Waals surface area contributed by atoms with E-state index in [0.29, 0.717) is 5.56 Å². The molecule has 0 aromatic carbocycles. The maximum absolute atomic E-state index is 12.1. The molecule has 1 aliphatic rings. The fourth-order valence-corrected chi connectivity index (χ4v) is 2.52. The third-order valence-electron chi connectivity index (χ3n) is 3.63. The number of aryl methyl sites for hydroxylation is 1. The number of aliphatic hydroxyl groups is 1. The molecule has 0 unspecified atom stereocenters. The number of nitrogens with one attached hydrogen (secondary N) is 1. The Morgan fingerprint density at radius 3 is 2.89 bits per heavy atom. The zero-order valence-electron chi connectivity index (χ0n) is 11.4. The summed E-state index contributed by atoms with van der Waals surface area (Å²) in [6.07, 6.45) is 5.90. The van der Waals surface area contributed by atoms with E-state index < -0.39 is 6.10 Å². The molecular formula is C13H21N3O3. The molecule has 6 nitrogen and oxygen atoms in total. The summed E-state index contributed by atoms with van der Waals surface area (Å²) in [5.41, 5.74) is 0.507. The van der Waals surface area contributed by atoms with Gasteiger partial charge in [0.15, 0.2) is 0 Å². The Labute approximate surface area is 112 Å². The van der Waals surface area contributed by atoms with Gasteiger partial charge in [-0.05, 0) is 12.8 Å². The van der Waals surface area contributed by atoms with Gasteiger partial charge in [-0.3, -0.25) is 9.48 Å². The van der Waals surface area contributed by atoms with Gasteiger partial charge in [0, 0.05) is 20.4 Å². The number of methoxy groups -OCH3 is 1. The van der Waals surface area contributed by atoms with E-state index in [4.69, 9.17) is 4.74 Å². The van der Waals surface area contributed by atoms with Crippen molar-refractivity contribution in [1.82, 2.24) is 15.1 Å². The van der Waals surface area contributed by atoms with E-state index in [1.807, 2.05) is 0 Å². The minimum Gasteiger partial charge on any atom is -0.388 e. The SMILES string of the molecule is CO[C@@H]1CCCC[C@@H](NC(=O)c2cnn(C)c2)[C@H]1O. The van der Waals surface area contributed by atoms with Crippen molar-refractivity contribution < 1.29 is 14.6 Å². The van der Waals surface area contributed by atoms with Crippen LogP contribution < -0.4 is 5.32 Å². The molecule has 6 heteroatoms. The van der Waals surface area contributed by atoms with Crippen LogP contribution in [0.25, 0.3) is 0 Å². The predicted molar refractivity (Wildman–Crippen MR) is 69.7 cm³/mol. The first-order valence-electron chi connectivity index (χ1n) is 6.62. The Morgan fingerprint density at radius 1 is 1.53 bits per heavy atom. The van der Waals surface area contributed by atoms with Gasteiger partial charge in [-0.1, -0.05) is 12.8 Å². The predicted octanol–water partition coefficient (Wildman–Crippen LogP) is 0.468. The number of carbonyl (C=O) groups is 1. The van der Waals surface area contributed by atoms with Crippen LogP contribution in [-0.2, 0) is 11.8 Å². The second-order valence-corrected chi connectivity index (χ2v) is 5.03. The maximum atomic E-state index is 12.1. The number of amides is 1. The molecule has 2 rings (SSSR count). The van der Waals surface area contributed by atoms with Gasteiger partial charge in [0.2, 0.25) is 0 Å². The minimum absolute atomic E-state index is 0.200. The molecule has 0 spiro atoms. The van der Waals surface area contributed by atoms with Crippen LogP contribution in [-0.4, -0.2) is 46.2 Å². The number of aliphatic hydroxyl groups excluding tert-OH is 1. The number of ether oxygens (including phenoxy) is 1. The second kappa shape index (κ2) is 6.16. The summed E-state index contributed by atoms with van der Waals surface area (Å²) in [6.45, 7) is 0. The highest BCUT2D eigenvalue weighted by molar-refractivity contribution is 5.93. The minimum atomic E-state index is -0.659. The molecule has 1 aromatic heterocycles. The van der Waals surface area contributed by atoms with Crippen LogP contribution in [0.5, 0.6) is 0 Å². The van der Waals surface area contributed by atoms with E-state index in [1.165, 1.54) is 6.20 Å². The van der Waals surface area contributed by atoms with Crippen molar-refractivity contribution >= 4 is 5.91 Å². The third-order valence-corrected chi connectivity index (χ3v) is 3.63. The largest absolute Gasteiger partial charge is 0.388 e. The van der Waals surface area contributed by atoms with Crippen LogP contribution in [0.2, 0.25) is 0 Å². The molecule has 2 N–H and O–H groups in total. The molecule has 0 bridgehead atoms. The van der Waals surface area contributed by atoms with Gasteiger partial charge >= 0.3 is 0 Å². The number of hydrogen-bond donors (Lipinski definition) is 2. The van der Waals surface area contributed by atoms with Crippen LogP contribution in [0.15, 0.2) is 12.4 Å². The number of rotatable bonds is 3. The number of hydrogen-bond acceptors (Lipinski definition) is 4. The summed E-state index contributed by atoms with van der Waals surface area (Å²) < 4.78 is 6.87. The summed E-state index contributed by atoms with van der Waals surface area (Å²) in [6, 6.07) is -0.264. The lowest BCUT2D eigenvalue weighted by Gasteiger charge is -2.26. The number of aromatic nitrogens is 2. The van der Waals surface area contributed by atoms with Gasteiger partial charge < -0.3 is 15.2 Å². The molecule has 0 saturated heterocycles. The van der Waals surface area contributed by atoms with Crippen molar-refractivity contribution in [3.63, 3.8) is 0 Å². The fraction of sp³-hybridized carbons (Fsp3) is 0.692. The summed E-state index contributed by atoms with van der Waals surface area (Å²) >= 11 is 0. The summed E-state index contributed by atoms with van der Waals surface area (Å²) in [5.74, 6) is -0.200. The lowest BCUT2D eigenvalue weighted by atomic mass is 10.0. The van der Waals surface area contributed by atoms with E-state index in [-0.39, 0.29) is 18.1 Å². The topological polar surface area (TPSA) is 76.4 Å². The van der Waals surface area contributed by atoms with Crippen LogP contribution in [0, 0.1) is 0 Å². The van der Waals surface area contributed by atoms with Crippen molar-refractivity contribution in [1.29, 1.82) is 0 Å². The normalized spacial score (nSPS) is 27.8. The highest BCUT2D eigenvalue weighted by atomic mass is 16.5. The van der Waals surface area contributed by atoms with Crippen LogP contribution in [0.3, 0.4) is 0 Å². The number of nitrogens with zero attached hydrogens (tertiary/aromatic N) is 2. The molecule has 106 valence electrons. The molecule has 0 radical (unpaired) electrons. The molecule has 1 amide bonds. The van der Waals surface area contributed by atoms with Gasteiger partial charge in [-0.25, -0.2) is 0 Å². The molecule has 1 saturated carbocycles. The van der Waals surface area contributed by atoms with Gasteiger partial charge in [0.25, 0.3) is 5.91 Å². The Bertz CT molecular complexity index is 433.